The van der Waals surface area contributed by atoms with Gasteiger partial charge in [0.25, 0.3) is 0 Å². The Morgan fingerprint density at radius 1 is 1.08 bits per heavy atom. The molecule has 3 aromatic rings. The molecule has 0 radical (unpaired) electrons. The summed E-state index contributed by atoms with van der Waals surface area (Å²) < 4.78 is 13.6. The molecule has 0 saturated heterocycles. The van der Waals surface area contributed by atoms with Crippen LogP contribution in [0.15, 0.2) is 60.8 Å². The molecule has 0 fully saturated rings. The van der Waals surface area contributed by atoms with Crippen LogP contribution in [-0.4, -0.2) is 10.9 Å². The first-order chi connectivity index (χ1) is 12.5. The van der Waals surface area contributed by atoms with Crippen molar-refractivity contribution < 1.29 is 9.18 Å². The standard InChI is InChI=1S/C19H14Cl2FN3O/c20-13-5-7-15(21)17(10-13)25-18-8-6-14(11-23-18)24-19(26)9-12-3-1-2-4-16(12)22/h1-8,10-11H,9H2,(H,23,25)(H,24,26). The van der Waals surface area contributed by atoms with Crippen LogP contribution in [0.1, 0.15) is 5.56 Å². The van der Waals surface area contributed by atoms with E-state index in [1.165, 1.54) is 12.3 Å². The summed E-state index contributed by atoms with van der Waals surface area (Å²) in [6, 6.07) is 14.6. The first kappa shape index (κ1) is 18.2. The van der Waals surface area contributed by atoms with Gasteiger partial charge in [0, 0.05) is 5.02 Å². The average molecular weight is 390 g/mol. The van der Waals surface area contributed by atoms with Gasteiger partial charge < -0.3 is 10.6 Å². The van der Waals surface area contributed by atoms with Crippen LogP contribution < -0.4 is 10.6 Å². The Kier molecular flexibility index (Phi) is 5.71. The summed E-state index contributed by atoms with van der Waals surface area (Å²) in [7, 11) is 0. The molecule has 0 aliphatic carbocycles. The lowest BCUT2D eigenvalue weighted by atomic mass is 10.1. The molecule has 2 N–H and O–H groups in total. The van der Waals surface area contributed by atoms with Crippen molar-refractivity contribution in [1.82, 2.24) is 4.98 Å². The second-order valence-corrected chi connectivity index (χ2v) is 6.34. The maximum Gasteiger partial charge on any atom is 0.228 e. The fraction of sp³-hybridized carbons (Fsp3) is 0.0526. The number of carbonyl (C=O) groups excluding carboxylic acids is 1. The van der Waals surface area contributed by atoms with E-state index in [0.717, 1.165) is 0 Å². The molecular weight excluding hydrogens is 376 g/mol. The Bertz CT molecular complexity index is 932. The van der Waals surface area contributed by atoms with Crippen LogP contribution in [0, 0.1) is 5.82 Å². The summed E-state index contributed by atoms with van der Waals surface area (Å²) in [6.07, 6.45) is 1.45. The Labute approximate surface area is 160 Å². The summed E-state index contributed by atoms with van der Waals surface area (Å²) in [4.78, 5) is 16.3. The van der Waals surface area contributed by atoms with E-state index in [1.54, 1.807) is 48.5 Å². The molecule has 0 aliphatic rings. The highest BCUT2D eigenvalue weighted by atomic mass is 35.5. The van der Waals surface area contributed by atoms with Crippen molar-refractivity contribution in [3.63, 3.8) is 0 Å². The Morgan fingerprint density at radius 3 is 2.62 bits per heavy atom. The summed E-state index contributed by atoms with van der Waals surface area (Å²) in [5.74, 6) is -0.185. The highest BCUT2D eigenvalue weighted by Crippen LogP contribution is 2.28. The molecule has 1 amide bonds. The van der Waals surface area contributed by atoms with Gasteiger partial charge in [-0.2, -0.15) is 0 Å². The van der Waals surface area contributed by atoms with Crippen LogP contribution in [0.3, 0.4) is 0 Å². The summed E-state index contributed by atoms with van der Waals surface area (Å²) in [5.41, 5.74) is 1.48. The van der Waals surface area contributed by atoms with Gasteiger partial charge in [0.05, 0.1) is 29.0 Å². The van der Waals surface area contributed by atoms with E-state index >= 15 is 0 Å². The van der Waals surface area contributed by atoms with Crippen molar-refractivity contribution >= 4 is 46.3 Å². The van der Waals surface area contributed by atoms with Crippen molar-refractivity contribution in [2.75, 3.05) is 10.6 Å². The van der Waals surface area contributed by atoms with Crippen molar-refractivity contribution in [2.45, 2.75) is 6.42 Å². The zero-order valence-corrected chi connectivity index (χ0v) is 15.0. The van der Waals surface area contributed by atoms with Crippen LogP contribution in [0.25, 0.3) is 0 Å². The predicted molar refractivity (Wildman–Crippen MR) is 103 cm³/mol. The van der Waals surface area contributed by atoms with Gasteiger partial charge in [-0.25, -0.2) is 9.37 Å². The number of aromatic nitrogens is 1. The third-order valence-corrected chi connectivity index (χ3v) is 4.11. The molecule has 1 heterocycles. The number of hydrogen-bond donors (Lipinski definition) is 2. The van der Waals surface area contributed by atoms with E-state index in [-0.39, 0.29) is 12.3 Å². The lowest BCUT2D eigenvalue weighted by Gasteiger charge is -2.09. The van der Waals surface area contributed by atoms with Gasteiger partial charge in [-0.3, -0.25) is 4.79 Å². The molecule has 0 aliphatic heterocycles. The zero-order chi connectivity index (χ0) is 18.5. The Morgan fingerprint density at radius 2 is 1.88 bits per heavy atom. The summed E-state index contributed by atoms with van der Waals surface area (Å²) in [6.45, 7) is 0. The number of benzene rings is 2. The quantitative estimate of drug-likeness (QED) is 0.609. The van der Waals surface area contributed by atoms with Crippen LogP contribution >= 0.6 is 23.2 Å². The largest absolute Gasteiger partial charge is 0.339 e. The topological polar surface area (TPSA) is 54.0 Å². The molecule has 0 spiro atoms. The summed E-state index contributed by atoms with van der Waals surface area (Å²) >= 11 is 12.0. The minimum absolute atomic E-state index is 0.0508. The van der Waals surface area contributed by atoms with Crippen molar-refractivity contribution in [1.29, 1.82) is 0 Å². The second-order valence-electron chi connectivity index (χ2n) is 5.50. The SMILES string of the molecule is O=C(Cc1ccccc1F)Nc1ccc(Nc2cc(Cl)ccc2Cl)nc1. The molecule has 1 aromatic heterocycles. The van der Waals surface area contributed by atoms with Crippen molar-refractivity contribution in [3.8, 4) is 0 Å². The fourth-order valence-electron chi connectivity index (χ4n) is 2.29. The molecule has 0 atom stereocenters. The van der Waals surface area contributed by atoms with Gasteiger partial charge in [-0.05, 0) is 42.0 Å². The monoisotopic (exact) mass is 389 g/mol. The van der Waals surface area contributed by atoms with Gasteiger partial charge in [0.1, 0.15) is 11.6 Å². The van der Waals surface area contributed by atoms with Gasteiger partial charge in [0.15, 0.2) is 0 Å². The van der Waals surface area contributed by atoms with Crippen molar-refractivity contribution in [2.24, 2.45) is 0 Å². The van der Waals surface area contributed by atoms with E-state index < -0.39 is 5.82 Å². The number of amides is 1. The lowest BCUT2D eigenvalue weighted by molar-refractivity contribution is -0.115. The van der Waals surface area contributed by atoms with Gasteiger partial charge in [-0.1, -0.05) is 41.4 Å². The number of nitrogens with one attached hydrogen (secondary N) is 2. The van der Waals surface area contributed by atoms with E-state index in [4.69, 9.17) is 23.2 Å². The number of hydrogen-bond acceptors (Lipinski definition) is 3. The number of pyridine rings is 1. The molecular formula is C19H14Cl2FN3O. The molecule has 0 bridgehead atoms. The molecule has 4 nitrogen and oxygen atoms in total. The minimum atomic E-state index is -0.404. The normalized spacial score (nSPS) is 10.4. The zero-order valence-electron chi connectivity index (χ0n) is 13.5. The van der Waals surface area contributed by atoms with Crippen molar-refractivity contribution in [3.05, 3.63) is 82.2 Å². The number of carbonyl (C=O) groups is 1. The number of halogens is 3. The predicted octanol–water partition coefficient (Wildman–Crippen LogP) is 5.45. The molecule has 132 valence electrons. The maximum absolute atomic E-state index is 13.6. The minimum Gasteiger partial charge on any atom is -0.339 e. The van der Waals surface area contributed by atoms with Crippen LogP contribution in [0.2, 0.25) is 10.0 Å². The second kappa shape index (κ2) is 8.17. The number of rotatable bonds is 5. The highest BCUT2D eigenvalue weighted by Gasteiger charge is 2.08. The lowest BCUT2D eigenvalue weighted by Crippen LogP contribution is -2.15. The first-order valence-electron chi connectivity index (χ1n) is 7.72. The van der Waals surface area contributed by atoms with Crippen LogP contribution in [-0.2, 0) is 11.2 Å². The molecule has 26 heavy (non-hydrogen) atoms. The molecule has 0 saturated carbocycles. The van der Waals surface area contributed by atoms with E-state index in [1.807, 2.05) is 0 Å². The number of anilines is 3. The Balaban J connectivity index is 1.63. The molecule has 7 heteroatoms. The molecule has 0 unspecified atom stereocenters. The fourth-order valence-corrected chi connectivity index (χ4v) is 2.63. The van der Waals surface area contributed by atoms with E-state index in [2.05, 4.69) is 15.6 Å². The van der Waals surface area contributed by atoms with Gasteiger partial charge >= 0.3 is 0 Å². The van der Waals surface area contributed by atoms with Gasteiger partial charge in [-0.15, -0.1) is 0 Å². The highest BCUT2D eigenvalue weighted by molar-refractivity contribution is 6.35. The van der Waals surface area contributed by atoms with Gasteiger partial charge in [0.2, 0.25) is 5.91 Å². The average Bonchev–Trinajstić information content (AvgIpc) is 2.62. The maximum atomic E-state index is 13.6. The molecule has 3 rings (SSSR count). The van der Waals surface area contributed by atoms with Crippen LogP contribution in [0.5, 0.6) is 0 Å². The van der Waals surface area contributed by atoms with E-state index in [0.29, 0.717) is 32.8 Å². The summed E-state index contributed by atoms with van der Waals surface area (Å²) in [5, 5.41) is 6.80. The third-order valence-electron chi connectivity index (χ3n) is 3.55. The smallest absolute Gasteiger partial charge is 0.228 e. The Hall–Kier alpha value is -2.63. The van der Waals surface area contributed by atoms with E-state index in [9.17, 15) is 9.18 Å². The molecule has 2 aromatic carbocycles. The van der Waals surface area contributed by atoms with Crippen LogP contribution in [0.4, 0.5) is 21.6 Å². The number of nitrogens with zero attached hydrogens (tertiary/aromatic N) is 1. The third kappa shape index (κ3) is 4.71. The first-order valence-corrected chi connectivity index (χ1v) is 8.48.